The summed E-state index contributed by atoms with van der Waals surface area (Å²) in [6.45, 7) is 3.28. The Bertz CT molecular complexity index is 1130. The highest BCUT2D eigenvalue weighted by Crippen LogP contribution is 2.25. The monoisotopic (exact) mass is 472 g/mol. The summed E-state index contributed by atoms with van der Waals surface area (Å²) in [6.07, 6.45) is 0.342. The molecule has 0 bridgehead atoms. The van der Waals surface area contributed by atoms with Crippen molar-refractivity contribution in [2.75, 3.05) is 29.9 Å². The van der Waals surface area contributed by atoms with Gasteiger partial charge in [-0.05, 0) is 48.9 Å². The van der Waals surface area contributed by atoms with Crippen LogP contribution in [-0.2, 0) is 11.2 Å². The van der Waals surface area contributed by atoms with Gasteiger partial charge in [-0.15, -0.1) is 0 Å². The smallest absolute Gasteiger partial charge is 0.260 e. The Morgan fingerprint density at radius 1 is 1.09 bits per heavy atom. The number of benzene rings is 2. The molecule has 1 N–H and O–H groups in total. The van der Waals surface area contributed by atoms with Gasteiger partial charge in [0.2, 0.25) is 5.91 Å². The van der Waals surface area contributed by atoms with Gasteiger partial charge in [-0.1, -0.05) is 23.7 Å². The first-order valence-electron chi connectivity index (χ1n) is 10.2. The molecule has 0 unspecified atom stereocenters. The fourth-order valence-electron chi connectivity index (χ4n) is 3.51. The van der Waals surface area contributed by atoms with Gasteiger partial charge in [-0.25, -0.2) is 9.07 Å². The van der Waals surface area contributed by atoms with Crippen molar-refractivity contribution in [2.24, 2.45) is 0 Å². The van der Waals surface area contributed by atoms with Crippen LogP contribution in [0.5, 0.6) is 0 Å². The van der Waals surface area contributed by atoms with Gasteiger partial charge in [0.15, 0.2) is 0 Å². The van der Waals surface area contributed by atoms with Crippen LogP contribution in [0, 0.1) is 12.7 Å². The molecule has 0 saturated carbocycles. The average Bonchev–Trinajstić information content (AvgIpc) is 3.10. The molecule has 1 aliphatic rings. The van der Waals surface area contributed by atoms with Crippen LogP contribution in [0.1, 0.15) is 21.6 Å². The second-order valence-corrected chi connectivity index (χ2v) is 9.04. The third-order valence-corrected chi connectivity index (χ3v) is 6.52. The molecule has 0 spiro atoms. The number of thioether (sulfide) groups is 1. The van der Waals surface area contributed by atoms with Crippen LogP contribution in [0.25, 0.3) is 5.69 Å². The first-order chi connectivity index (χ1) is 15.4. The third-order valence-electron chi connectivity index (χ3n) is 5.23. The number of carbonyl (C=O) groups excluding carboxylic acids is 2. The zero-order valence-electron chi connectivity index (χ0n) is 17.5. The molecule has 6 nitrogen and oxygen atoms in total. The maximum atomic E-state index is 13.2. The zero-order valence-corrected chi connectivity index (χ0v) is 19.0. The molecular weight excluding hydrogens is 451 g/mol. The van der Waals surface area contributed by atoms with Gasteiger partial charge >= 0.3 is 0 Å². The third kappa shape index (κ3) is 4.97. The van der Waals surface area contributed by atoms with E-state index in [1.807, 2.05) is 28.8 Å². The number of anilines is 1. The quantitative estimate of drug-likeness (QED) is 0.599. The summed E-state index contributed by atoms with van der Waals surface area (Å²) in [5.41, 5.74) is 2.74. The van der Waals surface area contributed by atoms with Crippen LogP contribution in [-0.4, -0.2) is 51.1 Å². The number of hydrogen-bond donors (Lipinski definition) is 1. The fourth-order valence-corrected chi connectivity index (χ4v) is 4.77. The van der Waals surface area contributed by atoms with Gasteiger partial charge in [0.1, 0.15) is 16.5 Å². The Morgan fingerprint density at radius 3 is 2.41 bits per heavy atom. The van der Waals surface area contributed by atoms with Crippen LogP contribution in [0.2, 0.25) is 5.15 Å². The molecular formula is C23H22ClFN4O2S. The average molecular weight is 473 g/mol. The summed E-state index contributed by atoms with van der Waals surface area (Å²) >= 11 is 8.29. The van der Waals surface area contributed by atoms with E-state index < -0.39 is 5.91 Å². The molecule has 166 valence electrons. The Hall–Kier alpha value is -2.84. The van der Waals surface area contributed by atoms with Crippen LogP contribution in [0.3, 0.4) is 0 Å². The van der Waals surface area contributed by atoms with Crippen molar-refractivity contribution in [1.29, 1.82) is 0 Å². The summed E-state index contributed by atoms with van der Waals surface area (Å²) in [4.78, 5) is 27.2. The molecule has 4 rings (SSSR count). The van der Waals surface area contributed by atoms with Gasteiger partial charge in [0, 0.05) is 30.3 Å². The number of nitrogens with zero attached hydrogens (tertiary/aromatic N) is 3. The number of halogens is 2. The summed E-state index contributed by atoms with van der Waals surface area (Å²) in [7, 11) is 0. The van der Waals surface area contributed by atoms with E-state index in [4.69, 9.17) is 11.6 Å². The minimum absolute atomic E-state index is 0.123. The lowest BCUT2D eigenvalue weighted by Crippen LogP contribution is -2.38. The molecule has 3 aromatic rings. The molecule has 9 heteroatoms. The van der Waals surface area contributed by atoms with Crippen LogP contribution >= 0.6 is 23.4 Å². The Labute approximate surface area is 194 Å². The van der Waals surface area contributed by atoms with Crippen molar-refractivity contribution in [2.45, 2.75) is 13.3 Å². The van der Waals surface area contributed by atoms with Gasteiger partial charge in [-0.2, -0.15) is 16.9 Å². The number of aromatic nitrogens is 2. The standard InChI is InChI=1S/C23H22ClFN4O2S/c1-15-21(22(24)29(27-15)19-8-4-17(25)5-9-19)23(31)26-18-6-2-16(3-7-18)14-20(30)28-10-12-32-13-11-28/h2-9H,10-14H2,1H3,(H,26,31). The maximum Gasteiger partial charge on any atom is 0.260 e. The number of aryl methyl sites for hydroxylation is 1. The number of rotatable bonds is 5. The predicted octanol–water partition coefficient (Wildman–Crippen LogP) is 4.34. The lowest BCUT2D eigenvalue weighted by Gasteiger charge is -2.26. The largest absolute Gasteiger partial charge is 0.341 e. The second kappa shape index (κ2) is 9.75. The molecule has 0 radical (unpaired) electrons. The highest BCUT2D eigenvalue weighted by Gasteiger charge is 2.22. The molecule has 2 aromatic carbocycles. The van der Waals surface area contributed by atoms with Crippen molar-refractivity contribution in [3.05, 3.63) is 76.3 Å². The highest BCUT2D eigenvalue weighted by atomic mass is 35.5. The van der Waals surface area contributed by atoms with Crippen molar-refractivity contribution < 1.29 is 14.0 Å². The predicted molar refractivity (Wildman–Crippen MR) is 125 cm³/mol. The molecule has 1 fully saturated rings. The number of amides is 2. The molecule has 1 aromatic heterocycles. The molecule has 0 aliphatic carbocycles. The van der Waals surface area contributed by atoms with Gasteiger partial charge in [-0.3, -0.25) is 9.59 Å². The number of carbonyl (C=O) groups is 2. The molecule has 0 atom stereocenters. The van der Waals surface area contributed by atoms with Crippen molar-refractivity contribution >= 4 is 40.9 Å². The van der Waals surface area contributed by atoms with E-state index in [0.717, 1.165) is 30.2 Å². The first-order valence-corrected chi connectivity index (χ1v) is 11.7. The fraction of sp³-hybridized carbons (Fsp3) is 0.261. The van der Waals surface area contributed by atoms with Crippen molar-refractivity contribution in [3.63, 3.8) is 0 Å². The van der Waals surface area contributed by atoms with E-state index in [9.17, 15) is 14.0 Å². The Morgan fingerprint density at radius 2 is 1.75 bits per heavy atom. The maximum absolute atomic E-state index is 13.2. The first kappa shape index (κ1) is 22.4. The second-order valence-electron chi connectivity index (χ2n) is 7.46. The summed E-state index contributed by atoms with van der Waals surface area (Å²) in [6, 6.07) is 12.9. The Balaban J connectivity index is 1.44. The topological polar surface area (TPSA) is 67.2 Å². The van der Waals surface area contributed by atoms with E-state index >= 15 is 0 Å². The number of hydrogen-bond acceptors (Lipinski definition) is 4. The molecule has 2 amide bonds. The number of nitrogens with one attached hydrogen (secondary N) is 1. The lowest BCUT2D eigenvalue weighted by atomic mass is 10.1. The van der Waals surface area contributed by atoms with Gasteiger partial charge < -0.3 is 10.2 Å². The van der Waals surface area contributed by atoms with Crippen molar-refractivity contribution in [3.8, 4) is 5.69 Å². The van der Waals surface area contributed by atoms with E-state index in [0.29, 0.717) is 23.5 Å². The van der Waals surface area contributed by atoms with Gasteiger partial charge in [0.05, 0.1) is 17.8 Å². The molecule has 2 heterocycles. The van der Waals surface area contributed by atoms with Crippen LogP contribution in [0.15, 0.2) is 48.5 Å². The summed E-state index contributed by atoms with van der Waals surface area (Å²) < 4.78 is 14.6. The molecule has 32 heavy (non-hydrogen) atoms. The van der Waals surface area contributed by atoms with Gasteiger partial charge in [0.25, 0.3) is 5.91 Å². The van der Waals surface area contributed by atoms with Crippen LogP contribution in [0.4, 0.5) is 10.1 Å². The SMILES string of the molecule is Cc1nn(-c2ccc(F)cc2)c(Cl)c1C(=O)Nc1ccc(CC(=O)N2CCSCC2)cc1. The van der Waals surface area contributed by atoms with Crippen molar-refractivity contribution in [1.82, 2.24) is 14.7 Å². The highest BCUT2D eigenvalue weighted by molar-refractivity contribution is 7.99. The summed E-state index contributed by atoms with van der Waals surface area (Å²) in [5.74, 6) is 1.33. The van der Waals surface area contributed by atoms with E-state index in [2.05, 4.69) is 10.4 Å². The minimum Gasteiger partial charge on any atom is -0.341 e. The lowest BCUT2D eigenvalue weighted by molar-refractivity contribution is -0.130. The van der Waals surface area contributed by atoms with Crippen LogP contribution < -0.4 is 5.32 Å². The van der Waals surface area contributed by atoms with E-state index in [1.165, 1.54) is 28.9 Å². The van der Waals surface area contributed by atoms with E-state index in [-0.39, 0.29) is 22.4 Å². The molecule has 1 saturated heterocycles. The zero-order chi connectivity index (χ0) is 22.7. The summed E-state index contributed by atoms with van der Waals surface area (Å²) in [5, 5.41) is 7.29. The normalized spacial score (nSPS) is 13.8. The van der Waals surface area contributed by atoms with E-state index in [1.54, 1.807) is 19.1 Å². The minimum atomic E-state index is -0.393. The Kier molecular flexibility index (Phi) is 6.81. The molecule has 1 aliphatic heterocycles.